The van der Waals surface area contributed by atoms with Crippen molar-refractivity contribution in [3.63, 3.8) is 0 Å². The van der Waals surface area contributed by atoms with Crippen LogP contribution in [-0.2, 0) is 29.8 Å². The molecule has 234 valence electrons. The Labute approximate surface area is 273 Å². The van der Waals surface area contributed by atoms with E-state index < -0.39 is 47.9 Å². The van der Waals surface area contributed by atoms with Crippen LogP contribution in [0, 0.1) is 0 Å². The van der Waals surface area contributed by atoms with Crippen molar-refractivity contribution in [2.24, 2.45) is 10.2 Å². The predicted octanol–water partition coefficient (Wildman–Crippen LogP) is 3.64. The molecule has 2 amide bonds. The second kappa shape index (κ2) is 13.8. The fraction of sp³-hybridized carbons (Fsp3) is 0.0370. The zero-order chi connectivity index (χ0) is 32.9. The van der Waals surface area contributed by atoms with E-state index in [4.69, 9.17) is 0 Å². The van der Waals surface area contributed by atoms with Crippen LogP contribution in [0.25, 0.3) is 10.8 Å². The van der Waals surface area contributed by atoms with Crippen LogP contribution in [0.3, 0.4) is 0 Å². The van der Waals surface area contributed by atoms with Crippen LogP contribution in [0.5, 0.6) is 5.75 Å². The number of fused-ring (bicyclic) bond motifs is 1. The van der Waals surface area contributed by atoms with Crippen LogP contribution in [0.15, 0.2) is 102 Å². The third kappa shape index (κ3) is 8.71. The lowest BCUT2D eigenvalue weighted by Gasteiger charge is -2.17. The molecule has 0 aliphatic carbocycles. The van der Waals surface area contributed by atoms with Gasteiger partial charge in [0.05, 0.1) is 26.3 Å². The van der Waals surface area contributed by atoms with Gasteiger partial charge in [-0.05, 0) is 84.6 Å². The summed E-state index contributed by atoms with van der Waals surface area (Å²) in [6.45, 7) is 0. The van der Waals surface area contributed by atoms with E-state index in [2.05, 4.69) is 58.2 Å². The molecule has 14 nitrogen and oxygen atoms in total. The van der Waals surface area contributed by atoms with Gasteiger partial charge in [0.1, 0.15) is 10.6 Å². The lowest BCUT2D eigenvalue weighted by atomic mass is 10.1. The molecule has 4 aromatic carbocycles. The SMILES string of the molecule is O=C(N/N=C/c1cc(Br)c(O)c(Br)c1)C(Nc1ccc2ccccc2c1)C(=O)N/N=C/c1ccc(S(=O)(=O)O)cc1S(=O)(=O)O. The molecule has 1 unspecified atom stereocenters. The fourth-order valence-electron chi connectivity index (χ4n) is 3.83. The van der Waals surface area contributed by atoms with Crippen molar-refractivity contribution in [2.45, 2.75) is 15.8 Å². The summed E-state index contributed by atoms with van der Waals surface area (Å²) in [5, 5.41) is 21.9. The monoisotopic (exact) mass is 781 g/mol. The molecule has 0 heterocycles. The molecule has 0 radical (unpaired) electrons. The van der Waals surface area contributed by atoms with Gasteiger partial charge in [0.25, 0.3) is 32.1 Å². The van der Waals surface area contributed by atoms with Gasteiger partial charge in [0.2, 0.25) is 0 Å². The number of nitrogens with zero attached hydrogens (tertiary/aromatic N) is 2. The molecule has 4 aromatic rings. The molecule has 0 aliphatic rings. The maximum Gasteiger partial charge on any atom is 0.295 e. The van der Waals surface area contributed by atoms with Gasteiger partial charge in [-0.1, -0.05) is 36.4 Å². The molecule has 0 saturated heterocycles. The first-order valence-electron chi connectivity index (χ1n) is 12.3. The summed E-state index contributed by atoms with van der Waals surface area (Å²) in [5.74, 6) is -1.96. The van der Waals surface area contributed by atoms with Gasteiger partial charge in [-0.25, -0.2) is 10.9 Å². The summed E-state index contributed by atoms with van der Waals surface area (Å²) in [6, 6.07) is 16.2. The summed E-state index contributed by atoms with van der Waals surface area (Å²) in [6.07, 6.45) is 2.06. The first kappa shape index (κ1) is 33.7. The molecular weight excluding hydrogens is 762 g/mol. The number of rotatable bonds is 10. The third-order valence-corrected chi connectivity index (χ3v) is 8.92. The zero-order valence-corrected chi connectivity index (χ0v) is 27.2. The fourth-order valence-corrected chi connectivity index (χ4v) is 6.32. The van der Waals surface area contributed by atoms with E-state index in [1.807, 2.05) is 24.3 Å². The first-order valence-corrected chi connectivity index (χ1v) is 16.8. The Balaban J connectivity index is 1.59. The summed E-state index contributed by atoms with van der Waals surface area (Å²) in [5.41, 5.74) is 4.87. The minimum Gasteiger partial charge on any atom is -0.506 e. The highest BCUT2D eigenvalue weighted by Crippen LogP contribution is 2.32. The van der Waals surface area contributed by atoms with Crippen molar-refractivity contribution in [1.29, 1.82) is 0 Å². The van der Waals surface area contributed by atoms with Gasteiger partial charge >= 0.3 is 0 Å². The highest BCUT2D eigenvalue weighted by Gasteiger charge is 2.27. The van der Waals surface area contributed by atoms with Gasteiger partial charge < -0.3 is 10.4 Å². The smallest absolute Gasteiger partial charge is 0.295 e. The number of hydrogen-bond donors (Lipinski definition) is 6. The van der Waals surface area contributed by atoms with Crippen molar-refractivity contribution in [1.82, 2.24) is 10.9 Å². The highest BCUT2D eigenvalue weighted by molar-refractivity contribution is 9.11. The van der Waals surface area contributed by atoms with Gasteiger partial charge in [0, 0.05) is 11.3 Å². The van der Waals surface area contributed by atoms with Gasteiger partial charge in [0.15, 0.2) is 6.04 Å². The highest BCUT2D eigenvalue weighted by atomic mass is 79.9. The molecule has 18 heteroatoms. The molecule has 0 saturated carbocycles. The second-order valence-electron chi connectivity index (χ2n) is 9.09. The van der Waals surface area contributed by atoms with E-state index in [0.29, 0.717) is 26.3 Å². The van der Waals surface area contributed by atoms with Crippen molar-refractivity contribution in [3.05, 3.63) is 92.9 Å². The van der Waals surface area contributed by atoms with Crippen LogP contribution in [0.4, 0.5) is 5.69 Å². The van der Waals surface area contributed by atoms with Gasteiger partial charge in [-0.15, -0.1) is 0 Å². The van der Waals surface area contributed by atoms with E-state index in [1.165, 1.54) is 18.3 Å². The van der Waals surface area contributed by atoms with Crippen LogP contribution < -0.4 is 16.2 Å². The number of halogens is 2. The van der Waals surface area contributed by atoms with E-state index >= 15 is 0 Å². The lowest BCUT2D eigenvalue weighted by Crippen LogP contribution is -2.47. The average Bonchev–Trinajstić information content (AvgIpc) is 2.97. The van der Waals surface area contributed by atoms with E-state index in [0.717, 1.165) is 29.1 Å². The number of hydrazone groups is 2. The maximum absolute atomic E-state index is 13.1. The minimum atomic E-state index is -4.99. The average molecular weight is 783 g/mol. The van der Waals surface area contributed by atoms with Crippen molar-refractivity contribution in [2.75, 3.05) is 5.32 Å². The summed E-state index contributed by atoms with van der Waals surface area (Å²) in [7, 11) is -9.79. The second-order valence-corrected chi connectivity index (χ2v) is 13.6. The molecular formula is C27H21Br2N5O9S2. The Morgan fingerprint density at radius 1 is 0.756 bits per heavy atom. The van der Waals surface area contributed by atoms with Crippen molar-refractivity contribution >= 4 is 92.8 Å². The molecule has 0 bridgehead atoms. The van der Waals surface area contributed by atoms with Crippen LogP contribution in [0.2, 0.25) is 0 Å². The molecule has 0 aliphatic heterocycles. The standard InChI is InChI=1S/C27H21Br2N5O9S2/c28-21-9-15(10-22(29)25(21)35)13-30-33-26(36)24(32-19-7-5-16-3-1-2-4-17(16)11-19)27(37)34-31-14-18-6-8-20(44(38,39)40)12-23(18)45(41,42)43/h1-14,24,32,35H,(H,33,36)(H,34,37)(H,38,39,40)(H,41,42,43)/b30-13+,31-14+. The molecule has 0 spiro atoms. The summed E-state index contributed by atoms with van der Waals surface area (Å²) < 4.78 is 65.9. The topological polar surface area (TPSA) is 224 Å². The molecule has 4 rings (SSSR count). The zero-order valence-electron chi connectivity index (χ0n) is 22.4. The number of aromatic hydroxyl groups is 1. The normalized spacial score (nSPS) is 12.8. The first-order chi connectivity index (χ1) is 21.1. The number of carbonyl (C=O) groups excluding carboxylic acids is 2. The third-order valence-electron chi connectivity index (χ3n) is 5.95. The summed E-state index contributed by atoms with van der Waals surface area (Å²) in [4.78, 5) is 24.6. The predicted molar refractivity (Wildman–Crippen MR) is 172 cm³/mol. The van der Waals surface area contributed by atoms with Gasteiger partial charge in [-0.2, -0.15) is 27.0 Å². The minimum absolute atomic E-state index is 0.0360. The summed E-state index contributed by atoms with van der Waals surface area (Å²) >= 11 is 6.38. The number of benzene rings is 4. The molecule has 1 atom stereocenters. The Bertz CT molecular complexity index is 2070. The maximum atomic E-state index is 13.1. The molecule has 45 heavy (non-hydrogen) atoms. The van der Waals surface area contributed by atoms with Crippen LogP contribution >= 0.6 is 31.9 Å². The lowest BCUT2D eigenvalue weighted by molar-refractivity contribution is -0.130. The Morgan fingerprint density at radius 2 is 1.36 bits per heavy atom. The van der Waals surface area contributed by atoms with Crippen molar-refractivity contribution < 1.29 is 40.6 Å². The van der Waals surface area contributed by atoms with E-state index in [1.54, 1.807) is 18.2 Å². The molecule has 0 aromatic heterocycles. The Kier molecular flexibility index (Phi) is 10.4. The van der Waals surface area contributed by atoms with Crippen LogP contribution in [0.1, 0.15) is 11.1 Å². The van der Waals surface area contributed by atoms with Crippen LogP contribution in [-0.4, -0.2) is 61.3 Å². The number of nitrogens with one attached hydrogen (secondary N) is 3. The quantitative estimate of drug-likeness (QED) is 0.0593. The van der Waals surface area contributed by atoms with Gasteiger partial charge in [-0.3, -0.25) is 18.7 Å². The number of amides is 2. The van der Waals surface area contributed by atoms with Crippen molar-refractivity contribution in [3.8, 4) is 5.75 Å². The number of hydrogen-bond acceptors (Lipinski definition) is 10. The number of anilines is 1. The van der Waals surface area contributed by atoms with E-state index in [9.17, 15) is 40.6 Å². The number of carbonyl (C=O) groups is 2. The Morgan fingerprint density at radius 3 is 1.96 bits per heavy atom. The molecule has 0 fully saturated rings. The largest absolute Gasteiger partial charge is 0.506 e. The number of phenolic OH excluding ortho intramolecular Hbond substituents is 1. The van der Waals surface area contributed by atoms with E-state index in [-0.39, 0.29) is 11.3 Å². The molecule has 6 N–H and O–H groups in total. The number of phenols is 1. The Hall–Kier alpha value is -4.20.